The normalized spacial score (nSPS) is 11.6. The van der Waals surface area contributed by atoms with Gasteiger partial charge in [0.05, 0.1) is 16.6 Å². The van der Waals surface area contributed by atoms with E-state index in [0.717, 1.165) is 12.5 Å². The van der Waals surface area contributed by atoms with Crippen LogP contribution in [0.2, 0.25) is 0 Å². The molecule has 13 heteroatoms. The summed E-state index contributed by atoms with van der Waals surface area (Å²) in [6.45, 7) is 2.69. The molecule has 4 N–H and O–H groups in total. The molecular weight excluding hydrogens is 444 g/mol. The summed E-state index contributed by atoms with van der Waals surface area (Å²) in [5, 5.41) is 10.9. The van der Waals surface area contributed by atoms with Gasteiger partial charge in [-0.05, 0) is 24.6 Å². The fourth-order valence-electron chi connectivity index (χ4n) is 2.51. The quantitative estimate of drug-likeness (QED) is 0.481. The molecule has 0 aliphatic heterocycles. The van der Waals surface area contributed by atoms with E-state index in [0.29, 0.717) is 17.7 Å². The van der Waals surface area contributed by atoms with Crippen molar-refractivity contribution < 1.29 is 36.2 Å². The molecule has 0 atom stereocenters. The van der Waals surface area contributed by atoms with E-state index in [1.807, 2.05) is 6.92 Å². The summed E-state index contributed by atoms with van der Waals surface area (Å²) >= 11 is 0. The first-order valence-corrected chi connectivity index (χ1v) is 8.99. The van der Waals surface area contributed by atoms with Crippen molar-refractivity contribution in [2.24, 2.45) is 0 Å². The fourth-order valence-corrected chi connectivity index (χ4v) is 2.51. The third kappa shape index (κ3) is 6.18. The van der Waals surface area contributed by atoms with Crippen molar-refractivity contribution in [2.45, 2.75) is 25.7 Å². The lowest BCUT2D eigenvalue weighted by Crippen LogP contribution is -2.21. The monoisotopic (exact) mass is 461 g/mol. The maximum absolute atomic E-state index is 13.2. The Kier molecular flexibility index (Phi) is 7.44. The van der Waals surface area contributed by atoms with E-state index in [-0.39, 0.29) is 22.9 Å². The van der Waals surface area contributed by atoms with Crippen LogP contribution in [0, 0.1) is 0 Å². The molecule has 3 aromatic rings. The number of aromatic nitrogens is 3. The van der Waals surface area contributed by atoms with Crippen LogP contribution in [-0.2, 0) is 11.0 Å². The SMILES string of the molecule is CCCNc1nc(N)nc2nc(-c3ccccc3C(F)(F)F)ccc12.O=C(O)C(F)(F)F. The van der Waals surface area contributed by atoms with E-state index in [1.54, 1.807) is 12.1 Å². The molecule has 0 saturated heterocycles. The molecule has 172 valence electrons. The fraction of sp³-hybridized carbons (Fsp3) is 0.263. The molecule has 0 spiro atoms. The van der Waals surface area contributed by atoms with E-state index in [4.69, 9.17) is 15.6 Å². The topological polar surface area (TPSA) is 114 Å². The minimum atomic E-state index is -5.08. The first kappa shape index (κ1) is 24.6. The molecule has 0 aliphatic rings. The number of aliphatic carboxylic acids is 1. The molecule has 32 heavy (non-hydrogen) atoms. The average Bonchev–Trinajstić information content (AvgIpc) is 2.70. The van der Waals surface area contributed by atoms with Gasteiger partial charge in [-0.15, -0.1) is 0 Å². The average molecular weight is 461 g/mol. The van der Waals surface area contributed by atoms with E-state index in [2.05, 4.69) is 20.3 Å². The van der Waals surface area contributed by atoms with E-state index in [9.17, 15) is 26.3 Å². The van der Waals surface area contributed by atoms with Crippen molar-refractivity contribution in [1.82, 2.24) is 15.0 Å². The molecule has 3 rings (SSSR count). The molecule has 0 unspecified atom stereocenters. The summed E-state index contributed by atoms with van der Waals surface area (Å²) in [6.07, 6.45) is -8.67. The standard InChI is InChI=1S/C17H16F3N5.C2HF3O2/c1-2-9-22-14-11-7-8-13(23-15(11)25-16(21)24-14)10-5-3-4-6-12(10)17(18,19)20;3-2(4,5)1(6)7/h3-8H,2,9H2,1H3,(H3,21,22,23,24,25);(H,6,7). The number of halogens is 6. The number of carboxylic acid groups (broad SMARTS) is 1. The Morgan fingerprint density at radius 2 is 1.66 bits per heavy atom. The van der Waals surface area contributed by atoms with Gasteiger partial charge >= 0.3 is 18.3 Å². The third-order valence-electron chi connectivity index (χ3n) is 3.87. The predicted octanol–water partition coefficient (Wildman–Crippen LogP) is 4.75. The molecule has 0 fully saturated rings. The largest absolute Gasteiger partial charge is 0.490 e. The number of benzene rings is 1. The van der Waals surface area contributed by atoms with Crippen LogP contribution in [-0.4, -0.2) is 38.7 Å². The van der Waals surface area contributed by atoms with Crippen molar-refractivity contribution in [3.05, 3.63) is 42.0 Å². The Morgan fingerprint density at radius 1 is 1.03 bits per heavy atom. The van der Waals surface area contributed by atoms with Gasteiger partial charge in [0.1, 0.15) is 5.82 Å². The highest BCUT2D eigenvalue weighted by atomic mass is 19.4. The van der Waals surface area contributed by atoms with Gasteiger partial charge in [0.25, 0.3) is 0 Å². The first-order chi connectivity index (χ1) is 14.8. The third-order valence-corrected chi connectivity index (χ3v) is 3.87. The maximum atomic E-state index is 13.2. The van der Waals surface area contributed by atoms with Gasteiger partial charge in [0.15, 0.2) is 5.65 Å². The number of nitrogens with two attached hydrogens (primary N) is 1. The van der Waals surface area contributed by atoms with Crippen LogP contribution >= 0.6 is 0 Å². The second-order valence-electron chi connectivity index (χ2n) is 6.27. The Bertz CT molecular complexity index is 1100. The highest BCUT2D eigenvalue weighted by molar-refractivity contribution is 5.89. The number of rotatable bonds is 4. The van der Waals surface area contributed by atoms with Crippen molar-refractivity contribution >= 4 is 28.8 Å². The Labute approximate surface area is 177 Å². The lowest BCUT2D eigenvalue weighted by Gasteiger charge is -2.13. The summed E-state index contributed by atoms with van der Waals surface area (Å²) in [5.41, 5.74) is 5.39. The predicted molar refractivity (Wildman–Crippen MR) is 105 cm³/mol. The Morgan fingerprint density at radius 3 is 2.22 bits per heavy atom. The first-order valence-electron chi connectivity index (χ1n) is 8.99. The zero-order valence-corrected chi connectivity index (χ0v) is 16.4. The maximum Gasteiger partial charge on any atom is 0.490 e. The van der Waals surface area contributed by atoms with Gasteiger partial charge in [-0.3, -0.25) is 0 Å². The van der Waals surface area contributed by atoms with Crippen LogP contribution in [0.5, 0.6) is 0 Å². The van der Waals surface area contributed by atoms with Crippen LogP contribution < -0.4 is 11.1 Å². The minimum Gasteiger partial charge on any atom is -0.475 e. The van der Waals surface area contributed by atoms with E-state index >= 15 is 0 Å². The van der Waals surface area contributed by atoms with Gasteiger partial charge in [-0.1, -0.05) is 25.1 Å². The second-order valence-corrected chi connectivity index (χ2v) is 6.27. The van der Waals surface area contributed by atoms with Gasteiger partial charge in [-0.25, -0.2) is 9.78 Å². The number of pyridine rings is 1. The number of hydrogen-bond donors (Lipinski definition) is 3. The zero-order chi connectivity index (χ0) is 24.1. The van der Waals surface area contributed by atoms with Crippen molar-refractivity contribution in [3.8, 4) is 11.3 Å². The number of alkyl halides is 6. The molecule has 0 amide bonds. The summed E-state index contributed by atoms with van der Waals surface area (Å²) in [6, 6.07) is 8.49. The van der Waals surface area contributed by atoms with Gasteiger partial charge in [0.2, 0.25) is 5.95 Å². The minimum absolute atomic E-state index is 0.00264. The number of nitrogen functional groups attached to an aromatic ring is 1. The summed E-state index contributed by atoms with van der Waals surface area (Å²) < 4.78 is 71.4. The van der Waals surface area contributed by atoms with Crippen molar-refractivity contribution in [3.63, 3.8) is 0 Å². The molecule has 2 aromatic heterocycles. The highest BCUT2D eigenvalue weighted by Gasteiger charge is 2.38. The molecule has 1 aromatic carbocycles. The number of nitrogens with zero attached hydrogens (tertiary/aromatic N) is 3. The van der Waals surface area contributed by atoms with E-state index < -0.39 is 23.9 Å². The van der Waals surface area contributed by atoms with Crippen LogP contribution in [0.15, 0.2) is 36.4 Å². The summed E-state index contributed by atoms with van der Waals surface area (Å²) in [5.74, 6) is -2.22. The molecule has 0 radical (unpaired) electrons. The molecule has 7 nitrogen and oxygen atoms in total. The highest BCUT2D eigenvalue weighted by Crippen LogP contribution is 2.36. The van der Waals surface area contributed by atoms with E-state index in [1.165, 1.54) is 18.2 Å². The molecule has 0 saturated carbocycles. The second kappa shape index (κ2) is 9.66. The lowest BCUT2D eigenvalue weighted by atomic mass is 10.0. The molecule has 2 heterocycles. The van der Waals surface area contributed by atoms with Crippen molar-refractivity contribution in [1.29, 1.82) is 0 Å². The Balaban J connectivity index is 0.000000451. The van der Waals surface area contributed by atoms with Crippen LogP contribution in [0.1, 0.15) is 18.9 Å². The summed E-state index contributed by atoms with van der Waals surface area (Å²) in [7, 11) is 0. The zero-order valence-electron chi connectivity index (χ0n) is 16.4. The number of fused-ring (bicyclic) bond motifs is 1. The lowest BCUT2D eigenvalue weighted by molar-refractivity contribution is -0.192. The van der Waals surface area contributed by atoms with Gasteiger partial charge < -0.3 is 16.2 Å². The summed E-state index contributed by atoms with van der Waals surface area (Å²) in [4.78, 5) is 21.4. The molecule has 0 bridgehead atoms. The van der Waals surface area contributed by atoms with Crippen LogP contribution in [0.3, 0.4) is 0 Å². The van der Waals surface area contributed by atoms with Crippen LogP contribution in [0.4, 0.5) is 38.1 Å². The number of carbonyl (C=O) groups is 1. The molecule has 0 aliphatic carbocycles. The number of nitrogens with one attached hydrogen (secondary N) is 1. The number of hydrogen-bond acceptors (Lipinski definition) is 6. The van der Waals surface area contributed by atoms with Crippen molar-refractivity contribution in [2.75, 3.05) is 17.6 Å². The Hall–Kier alpha value is -3.64. The van der Waals surface area contributed by atoms with Gasteiger partial charge in [-0.2, -0.15) is 36.3 Å². The number of carboxylic acids is 1. The smallest absolute Gasteiger partial charge is 0.475 e. The van der Waals surface area contributed by atoms with Crippen LogP contribution in [0.25, 0.3) is 22.3 Å². The number of anilines is 2. The molecular formula is C19H17F6N5O2. The van der Waals surface area contributed by atoms with Gasteiger partial charge in [0, 0.05) is 12.1 Å².